The van der Waals surface area contributed by atoms with Crippen LogP contribution in [0.1, 0.15) is 20.8 Å². The van der Waals surface area contributed by atoms with Crippen molar-refractivity contribution in [3.8, 4) is 0 Å². The number of rotatable bonds is 1. The molecule has 78 valence electrons. The molecule has 0 saturated carbocycles. The van der Waals surface area contributed by atoms with Crippen molar-refractivity contribution in [3.05, 3.63) is 33.8 Å². The summed E-state index contributed by atoms with van der Waals surface area (Å²) in [7, 11) is 1.72. The van der Waals surface area contributed by atoms with Crippen LogP contribution >= 0.6 is 0 Å². The van der Waals surface area contributed by atoms with Crippen LogP contribution in [0, 0.1) is 0 Å². The summed E-state index contributed by atoms with van der Waals surface area (Å²) in [5.74, 6) is 0. The van der Waals surface area contributed by atoms with E-state index in [1.165, 1.54) is 0 Å². The second-order valence-corrected chi connectivity index (χ2v) is 2.48. The van der Waals surface area contributed by atoms with E-state index < -0.39 is 0 Å². The van der Waals surface area contributed by atoms with Gasteiger partial charge in [0.2, 0.25) is 0 Å². The van der Waals surface area contributed by atoms with Crippen molar-refractivity contribution >= 4 is 12.2 Å². The first-order chi connectivity index (χ1) is 6.70. The molecule has 1 heterocycles. The van der Waals surface area contributed by atoms with Crippen molar-refractivity contribution in [3.63, 3.8) is 0 Å². The molecule has 0 radical (unpaired) electrons. The van der Waals surface area contributed by atoms with Crippen molar-refractivity contribution in [1.29, 1.82) is 0 Å². The molecule has 3 nitrogen and oxygen atoms in total. The first-order valence-electron chi connectivity index (χ1n) is 4.74. The minimum atomic E-state index is -0.101. The highest BCUT2D eigenvalue weighted by molar-refractivity contribution is 5.34. The maximum Gasteiger partial charge on any atom is 0.326 e. The number of hydrogen-bond donors (Lipinski definition) is 1. The molecule has 1 aromatic rings. The number of allylic oxidation sites excluding steroid dienone is 1. The predicted molar refractivity (Wildman–Crippen MR) is 61.4 cm³/mol. The molecule has 0 saturated heterocycles. The van der Waals surface area contributed by atoms with Gasteiger partial charge in [0, 0.05) is 7.05 Å². The molecule has 14 heavy (non-hydrogen) atoms. The van der Waals surface area contributed by atoms with Gasteiger partial charge in [0.05, 0.1) is 10.7 Å². The Balaban J connectivity index is 0.000000791. The first-order valence-corrected chi connectivity index (χ1v) is 4.74. The van der Waals surface area contributed by atoms with Crippen LogP contribution in [0.3, 0.4) is 0 Å². The number of H-pyrrole nitrogens is 1. The highest BCUT2D eigenvalue weighted by Gasteiger charge is 1.93. The molecule has 1 aromatic heterocycles. The van der Waals surface area contributed by atoms with E-state index in [-0.39, 0.29) is 5.69 Å². The third-order valence-electron chi connectivity index (χ3n) is 1.75. The summed E-state index contributed by atoms with van der Waals surface area (Å²) in [4.78, 5) is 13.8. The fourth-order valence-corrected chi connectivity index (χ4v) is 1.09. The van der Waals surface area contributed by atoms with Gasteiger partial charge in [0.1, 0.15) is 0 Å². The van der Waals surface area contributed by atoms with Crippen LogP contribution in [0.4, 0.5) is 0 Å². The fourth-order valence-electron chi connectivity index (χ4n) is 1.09. The van der Waals surface area contributed by atoms with Crippen molar-refractivity contribution in [2.24, 2.45) is 7.05 Å². The third kappa shape index (κ3) is 2.49. The van der Waals surface area contributed by atoms with Gasteiger partial charge < -0.3 is 4.98 Å². The van der Waals surface area contributed by atoms with Crippen molar-refractivity contribution in [2.75, 3.05) is 0 Å². The van der Waals surface area contributed by atoms with Crippen LogP contribution in [-0.4, -0.2) is 9.55 Å². The molecule has 1 N–H and O–H groups in total. The maximum absolute atomic E-state index is 11.1. The molecular formula is C11H18N2O. The van der Waals surface area contributed by atoms with E-state index in [2.05, 4.69) is 11.6 Å². The summed E-state index contributed by atoms with van der Waals surface area (Å²) in [5.41, 5.74) is -0.101. The molecule has 0 aliphatic heterocycles. The largest absolute Gasteiger partial charge is 0.326 e. The monoisotopic (exact) mass is 194 g/mol. The Morgan fingerprint density at radius 2 is 2.00 bits per heavy atom. The molecular weight excluding hydrogens is 176 g/mol. The molecule has 0 aliphatic carbocycles. The van der Waals surface area contributed by atoms with Gasteiger partial charge in [-0.1, -0.05) is 32.6 Å². The molecule has 0 amide bonds. The second-order valence-electron chi connectivity index (χ2n) is 2.48. The summed E-state index contributed by atoms with van der Waals surface area (Å²) >= 11 is 0. The quantitative estimate of drug-likeness (QED) is 0.695. The number of aromatic amines is 1. The molecule has 0 aliphatic rings. The standard InChI is InChI=1S/C9H12N2O.C2H6/c1-4-6-8-7(5-2)10-9(12)11(8)3;1-2/h4-6H,1H2,2-3H3,(H,10,12);1-2H3/b7-5+,8-6+;. The molecule has 0 fully saturated rings. The SMILES string of the molecule is C=C/C=c1\c(=C/C)[nH]c(=O)n1C.CC. The number of imidazole rings is 1. The Morgan fingerprint density at radius 3 is 2.43 bits per heavy atom. The van der Waals surface area contributed by atoms with Gasteiger partial charge in [0.25, 0.3) is 0 Å². The molecule has 0 unspecified atom stereocenters. The van der Waals surface area contributed by atoms with E-state index in [0.29, 0.717) is 0 Å². The van der Waals surface area contributed by atoms with Crippen LogP contribution < -0.4 is 16.4 Å². The average Bonchev–Trinajstić information content (AvgIpc) is 2.49. The summed E-state index contributed by atoms with van der Waals surface area (Å²) in [6.45, 7) is 9.46. The van der Waals surface area contributed by atoms with Gasteiger partial charge in [-0.15, -0.1) is 0 Å². The van der Waals surface area contributed by atoms with Crippen molar-refractivity contribution in [2.45, 2.75) is 20.8 Å². The Bertz CT molecular complexity index is 449. The number of aromatic nitrogens is 2. The summed E-state index contributed by atoms with van der Waals surface area (Å²) in [5, 5.41) is 1.69. The van der Waals surface area contributed by atoms with Crippen LogP contribution in [0.5, 0.6) is 0 Å². The number of nitrogens with one attached hydrogen (secondary N) is 1. The van der Waals surface area contributed by atoms with Crippen molar-refractivity contribution in [1.82, 2.24) is 9.55 Å². The van der Waals surface area contributed by atoms with Gasteiger partial charge in [-0.3, -0.25) is 4.57 Å². The Morgan fingerprint density at radius 1 is 1.43 bits per heavy atom. The zero-order valence-electron chi connectivity index (χ0n) is 9.29. The van der Waals surface area contributed by atoms with E-state index in [1.54, 1.807) is 23.8 Å². The lowest BCUT2D eigenvalue weighted by molar-refractivity contribution is 0.836. The van der Waals surface area contributed by atoms with Crippen LogP contribution in [0.2, 0.25) is 0 Å². The molecule has 0 atom stereocenters. The maximum atomic E-state index is 11.1. The summed E-state index contributed by atoms with van der Waals surface area (Å²) in [6.07, 6.45) is 5.32. The Labute approximate surface area is 84.1 Å². The lowest BCUT2D eigenvalue weighted by Crippen LogP contribution is -2.29. The van der Waals surface area contributed by atoms with Gasteiger partial charge in [-0.2, -0.15) is 0 Å². The summed E-state index contributed by atoms with van der Waals surface area (Å²) in [6, 6.07) is 0. The normalized spacial score (nSPS) is 12.3. The van der Waals surface area contributed by atoms with Crippen LogP contribution in [0.25, 0.3) is 12.2 Å². The first kappa shape index (κ1) is 12.5. The average molecular weight is 194 g/mol. The van der Waals surface area contributed by atoms with Crippen molar-refractivity contribution < 1.29 is 0 Å². The highest BCUT2D eigenvalue weighted by atomic mass is 16.1. The molecule has 3 heteroatoms. The van der Waals surface area contributed by atoms with E-state index in [9.17, 15) is 4.79 Å². The van der Waals surface area contributed by atoms with Crippen LogP contribution in [-0.2, 0) is 7.05 Å². The van der Waals surface area contributed by atoms with Gasteiger partial charge in [-0.25, -0.2) is 4.79 Å². The zero-order valence-corrected chi connectivity index (χ0v) is 9.29. The number of nitrogens with zero attached hydrogens (tertiary/aromatic N) is 1. The van der Waals surface area contributed by atoms with E-state index >= 15 is 0 Å². The van der Waals surface area contributed by atoms with Gasteiger partial charge in [0.15, 0.2) is 0 Å². The fraction of sp³-hybridized carbons (Fsp3) is 0.364. The smallest absolute Gasteiger partial charge is 0.306 e. The zero-order chi connectivity index (χ0) is 11.1. The molecule has 0 spiro atoms. The van der Waals surface area contributed by atoms with Gasteiger partial charge in [-0.05, 0) is 13.0 Å². The lowest BCUT2D eigenvalue weighted by Gasteiger charge is -1.84. The molecule has 1 rings (SSSR count). The highest BCUT2D eigenvalue weighted by Crippen LogP contribution is 1.63. The van der Waals surface area contributed by atoms with Crippen LogP contribution in [0.15, 0.2) is 17.4 Å². The van der Waals surface area contributed by atoms with E-state index in [4.69, 9.17) is 0 Å². The Kier molecular flexibility index (Phi) is 5.37. The minimum absolute atomic E-state index is 0.101. The topological polar surface area (TPSA) is 37.8 Å². The number of hydrogen-bond acceptors (Lipinski definition) is 1. The predicted octanol–water partition coefficient (Wildman–Crippen LogP) is 0.506. The van der Waals surface area contributed by atoms with Gasteiger partial charge >= 0.3 is 5.69 Å². The second kappa shape index (κ2) is 6.02. The molecule has 0 aromatic carbocycles. The summed E-state index contributed by atoms with van der Waals surface area (Å²) < 4.78 is 1.55. The lowest BCUT2D eigenvalue weighted by atomic mass is 10.4. The molecule has 0 bridgehead atoms. The van der Waals surface area contributed by atoms with E-state index in [0.717, 1.165) is 10.7 Å². The Hall–Kier alpha value is -1.51. The van der Waals surface area contributed by atoms with E-state index in [1.807, 2.05) is 26.8 Å². The minimum Gasteiger partial charge on any atom is -0.306 e. The third-order valence-corrected chi connectivity index (χ3v) is 1.75.